The van der Waals surface area contributed by atoms with Crippen LogP contribution in [0.2, 0.25) is 0 Å². The number of ether oxygens (including phenoxy) is 2. The molecule has 1 N–H and O–H groups in total. The number of amides is 1. The first-order valence-corrected chi connectivity index (χ1v) is 8.48. The number of H-pyrrole nitrogens is 1. The predicted molar refractivity (Wildman–Crippen MR) is 97.8 cm³/mol. The van der Waals surface area contributed by atoms with Crippen molar-refractivity contribution in [3.63, 3.8) is 0 Å². The molecular weight excluding hydrogens is 351 g/mol. The van der Waals surface area contributed by atoms with Crippen LogP contribution in [0.1, 0.15) is 10.4 Å². The number of fused-ring (bicyclic) bond motifs is 2. The average Bonchev–Trinajstić information content (AvgIpc) is 2.66. The molecule has 1 aromatic heterocycles. The second-order valence-corrected chi connectivity index (χ2v) is 6.42. The Balaban J connectivity index is 1.57. The summed E-state index contributed by atoms with van der Waals surface area (Å²) in [6.07, 6.45) is -0.334. The lowest BCUT2D eigenvalue weighted by atomic mass is 10.1. The number of carbonyl (C=O) groups is 1. The fourth-order valence-electron chi connectivity index (χ4n) is 3.16. The molecule has 2 aromatic carbocycles. The molecule has 138 valence electrons. The predicted octanol–water partition coefficient (Wildman–Crippen LogP) is 2.58. The van der Waals surface area contributed by atoms with E-state index in [1.54, 1.807) is 7.05 Å². The normalized spacial score (nSPS) is 15.6. The van der Waals surface area contributed by atoms with Crippen LogP contribution >= 0.6 is 0 Å². The quantitative estimate of drug-likeness (QED) is 0.771. The van der Waals surface area contributed by atoms with Crippen LogP contribution in [0, 0.1) is 5.82 Å². The number of nitrogens with one attached hydrogen (secondary N) is 1. The standard InChI is InChI=1S/C20H17FN2O4/c1-23(10-13-11-26-17-4-2-3-5-18(17)27-13)20(25)15-9-19(24)22-16-8-12(21)6-7-14(15)16/h2-9,13H,10-11H2,1H3,(H,22,24). The maximum Gasteiger partial charge on any atom is 0.254 e. The number of pyridine rings is 1. The molecule has 0 radical (unpaired) electrons. The molecule has 0 fully saturated rings. The second kappa shape index (κ2) is 6.75. The summed E-state index contributed by atoms with van der Waals surface area (Å²) in [6, 6.07) is 12.5. The Morgan fingerprint density at radius 1 is 1.22 bits per heavy atom. The van der Waals surface area contributed by atoms with Gasteiger partial charge in [-0.25, -0.2) is 4.39 Å². The lowest BCUT2D eigenvalue weighted by molar-refractivity contribution is 0.0522. The minimum atomic E-state index is -0.484. The third-order valence-corrected chi connectivity index (χ3v) is 4.43. The number of nitrogens with zero attached hydrogens (tertiary/aromatic N) is 1. The van der Waals surface area contributed by atoms with Crippen LogP contribution in [-0.4, -0.2) is 42.1 Å². The van der Waals surface area contributed by atoms with Gasteiger partial charge in [0.15, 0.2) is 17.6 Å². The Labute approximate surface area is 154 Å². The molecule has 0 saturated carbocycles. The molecular formula is C20H17FN2O4. The zero-order chi connectivity index (χ0) is 19.0. The molecule has 1 aliphatic heterocycles. The van der Waals surface area contributed by atoms with E-state index in [9.17, 15) is 14.0 Å². The Morgan fingerprint density at radius 2 is 2.00 bits per heavy atom. The summed E-state index contributed by atoms with van der Waals surface area (Å²) in [7, 11) is 1.63. The van der Waals surface area contributed by atoms with Crippen LogP contribution < -0.4 is 15.0 Å². The van der Waals surface area contributed by atoms with E-state index in [-0.39, 0.29) is 29.6 Å². The molecule has 0 bridgehead atoms. The lowest BCUT2D eigenvalue weighted by Crippen LogP contribution is -2.42. The number of hydrogen-bond acceptors (Lipinski definition) is 4. The monoisotopic (exact) mass is 368 g/mol. The number of rotatable bonds is 3. The molecule has 1 atom stereocenters. The zero-order valence-electron chi connectivity index (χ0n) is 14.6. The third-order valence-electron chi connectivity index (χ3n) is 4.43. The fourth-order valence-corrected chi connectivity index (χ4v) is 3.16. The van der Waals surface area contributed by atoms with Gasteiger partial charge in [0.25, 0.3) is 5.91 Å². The zero-order valence-corrected chi connectivity index (χ0v) is 14.6. The number of para-hydroxylation sites is 2. The van der Waals surface area contributed by atoms with Crippen LogP contribution in [-0.2, 0) is 0 Å². The van der Waals surface area contributed by atoms with E-state index >= 15 is 0 Å². The van der Waals surface area contributed by atoms with Gasteiger partial charge < -0.3 is 19.4 Å². The molecule has 1 amide bonds. The topological polar surface area (TPSA) is 71.6 Å². The van der Waals surface area contributed by atoms with E-state index in [1.165, 1.54) is 29.2 Å². The van der Waals surface area contributed by atoms with Gasteiger partial charge in [0.2, 0.25) is 5.56 Å². The lowest BCUT2D eigenvalue weighted by Gasteiger charge is -2.29. The Bertz CT molecular complexity index is 1080. The molecule has 2 heterocycles. The first-order valence-electron chi connectivity index (χ1n) is 8.48. The maximum absolute atomic E-state index is 13.4. The highest BCUT2D eigenvalue weighted by Gasteiger charge is 2.25. The number of carbonyl (C=O) groups excluding carboxylic acids is 1. The highest BCUT2D eigenvalue weighted by Crippen LogP contribution is 2.31. The SMILES string of the molecule is CN(CC1COc2ccccc2O1)C(=O)c1cc(=O)[nH]c2cc(F)ccc12. The van der Waals surface area contributed by atoms with Crippen molar-refractivity contribution >= 4 is 16.8 Å². The second-order valence-electron chi connectivity index (χ2n) is 6.42. The van der Waals surface area contributed by atoms with Crippen molar-refractivity contribution in [2.45, 2.75) is 6.10 Å². The van der Waals surface area contributed by atoms with Gasteiger partial charge in [0, 0.05) is 18.5 Å². The Morgan fingerprint density at radius 3 is 2.81 bits per heavy atom. The van der Waals surface area contributed by atoms with Crippen molar-refractivity contribution < 1.29 is 18.7 Å². The van der Waals surface area contributed by atoms with Crippen LogP contribution in [0.4, 0.5) is 4.39 Å². The van der Waals surface area contributed by atoms with E-state index < -0.39 is 11.4 Å². The van der Waals surface area contributed by atoms with Gasteiger partial charge in [-0.1, -0.05) is 12.1 Å². The van der Waals surface area contributed by atoms with Gasteiger partial charge in [-0.3, -0.25) is 9.59 Å². The van der Waals surface area contributed by atoms with Gasteiger partial charge in [-0.05, 0) is 30.3 Å². The number of likely N-dealkylation sites (N-methyl/N-ethyl adjacent to an activating group) is 1. The van der Waals surface area contributed by atoms with Crippen LogP contribution in [0.15, 0.2) is 53.3 Å². The summed E-state index contributed by atoms with van der Waals surface area (Å²) in [6.45, 7) is 0.596. The summed E-state index contributed by atoms with van der Waals surface area (Å²) in [4.78, 5) is 28.8. The number of aromatic nitrogens is 1. The van der Waals surface area contributed by atoms with E-state index in [4.69, 9.17) is 9.47 Å². The van der Waals surface area contributed by atoms with Gasteiger partial charge in [-0.2, -0.15) is 0 Å². The van der Waals surface area contributed by atoms with Crippen molar-refractivity contribution in [1.29, 1.82) is 0 Å². The highest BCUT2D eigenvalue weighted by atomic mass is 19.1. The van der Waals surface area contributed by atoms with Gasteiger partial charge in [0.05, 0.1) is 17.6 Å². The third kappa shape index (κ3) is 3.36. The maximum atomic E-state index is 13.4. The van der Waals surface area contributed by atoms with Crippen LogP contribution in [0.25, 0.3) is 10.9 Å². The van der Waals surface area contributed by atoms with Crippen molar-refractivity contribution in [3.05, 3.63) is 70.3 Å². The first-order chi connectivity index (χ1) is 13.0. The summed E-state index contributed by atoms with van der Waals surface area (Å²) in [5.74, 6) is 0.472. The van der Waals surface area contributed by atoms with Crippen LogP contribution in [0.5, 0.6) is 11.5 Å². The molecule has 0 saturated heterocycles. The minimum absolute atomic E-state index is 0.216. The smallest absolute Gasteiger partial charge is 0.254 e. The van der Waals surface area contributed by atoms with E-state index in [2.05, 4.69) is 4.98 Å². The van der Waals surface area contributed by atoms with Crippen molar-refractivity contribution in [2.24, 2.45) is 0 Å². The fraction of sp³-hybridized carbons (Fsp3) is 0.200. The molecule has 7 heteroatoms. The van der Waals surface area contributed by atoms with Crippen molar-refractivity contribution in [3.8, 4) is 11.5 Å². The Hall–Kier alpha value is -3.35. The van der Waals surface area contributed by atoms with E-state index in [0.29, 0.717) is 23.5 Å². The molecule has 27 heavy (non-hydrogen) atoms. The molecule has 0 spiro atoms. The van der Waals surface area contributed by atoms with Gasteiger partial charge in [0.1, 0.15) is 12.4 Å². The summed E-state index contributed by atoms with van der Waals surface area (Å²) >= 11 is 0. The number of benzene rings is 2. The van der Waals surface area contributed by atoms with Crippen LogP contribution in [0.3, 0.4) is 0 Å². The molecule has 1 unspecified atom stereocenters. The minimum Gasteiger partial charge on any atom is -0.486 e. The molecule has 4 rings (SSSR count). The van der Waals surface area contributed by atoms with E-state index in [0.717, 1.165) is 0 Å². The van der Waals surface area contributed by atoms with Crippen molar-refractivity contribution in [2.75, 3.05) is 20.2 Å². The van der Waals surface area contributed by atoms with Crippen molar-refractivity contribution in [1.82, 2.24) is 9.88 Å². The van der Waals surface area contributed by atoms with E-state index in [1.807, 2.05) is 24.3 Å². The number of hydrogen-bond donors (Lipinski definition) is 1. The highest BCUT2D eigenvalue weighted by molar-refractivity contribution is 6.05. The van der Waals surface area contributed by atoms with Gasteiger partial charge in [-0.15, -0.1) is 0 Å². The molecule has 0 aliphatic carbocycles. The average molecular weight is 368 g/mol. The largest absolute Gasteiger partial charge is 0.486 e. The number of aromatic amines is 1. The molecule has 3 aromatic rings. The summed E-state index contributed by atoms with van der Waals surface area (Å²) < 4.78 is 25.0. The van der Waals surface area contributed by atoms with Gasteiger partial charge >= 0.3 is 0 Å². The Kier molecular flexibility index (Phi) is 4.27. The molecule has 1 aliphatic rings. The summed E-state index contributed by atoms with van der Waals surface area (Å²) in [5.41, 5.74) is 0.0369. The molecule has 6 nitrogen and oxygen atoms in total. The first kappa shape index (κ1) is 17.1. The summed E-state index contributed by atoms with van der Waals surface area (Å²) in [5, 5.41) is 0.485. The number of halogens is 1.